The summed E-state index contributed by atoms with van der Waals surface area (Å²) in [5, 5.41) is 0. The van der Waals surface area contributed by atoms with Crippen LogP contribution in [0.5, 0.6) is 0 Å². The van der Waals surface area contributed by atoms with Gasteiger partial charge in [-0.2, -0.15) is 0 Å². The molecule has 0 aliphatic rings. The molecule has 0 heterocycles. The molecule has 0 aromatic carbocycles. The summed E-state index contributed by atoms with van der Waals surface area (Å²) < 4.78 is 3.73. The molecule has 0 aromatic heterocycles. The number of hydrogen-bond donors (Lipinski definition) is 0. The molecule has 50 valence electrons. The van der Waals surface area contributed by atoms with Gasteiger partial charge in [0.1, 0.15) is 0 Å². The van der Waals surface area contributed by atoms with Crippen LogP contribution < -0.4 is 0 Å². The van der Waals surface area contributed by atoms with Crippen LogP contribution in [0.3, 0.4) is 0 Å². The fraction of sp³-hybridized carbons (Fsp3) is 0.400. The molecule has 0 saturated heterocycles. The molecule has 0 unspecified atom stereocenters. The third-order valence-electron chi connectivity index (χ3n) is 0.704. The molecular weight excluding hydrogens is 124 g/mol. The average molecular weight is 130 g/mol. The number of Topliss-reactive ketones (excluding diaryl/α,β-unsaturated/α-hetero) is 1. The fourth-order valence-electron chi connectivity index (χ4n) is 0.254. The molecule has 0 saturated carbocycles. The summed E-state index contributed by atoms with van der Waals surface area (Å²) in [5.41, 5.74) is 0. The van der Waals surface area contributed by atoms with Gasteiger partial charge in [-0.15, -0.1) is 0 Å². The van der Waals surface area contributed by atoms with Gasteiger partial charge in [-0.1, -0.05) is 6.92 Å². The van der Waals surface area contributed by atoms with Gasteiger partial charge in [0.2, 0.25) is 5.78 Å². The highest BCUT2D eigenvalue weighted by Gasteiger charge is 2.10. The molecule has 0 bridgehead atoms. The third kappa shape index (κ3) is 2.58. The van der Waals surface area contributed by atoms with Crippen LogP contribution in [-0.2, 0) is 19.1 Å². The third-order valence-corrected chi connectivity index (χ3v) is 0.704. The Morgan fingerprint density at radius 3 is 2.44 bits per heavy atom. The van der Waals surface area contributed by atoms with Gasteiger partial charge in [-0.25, -0.2) is 4.79 Å². The van der Waals surface area contributed by atoms with Crippen LogP contribution in [0.2, 0.25) is 0 Å². The molecule has 0 N–H and O–H groups in total. The monoisotopic (exact) mass is 130 g/mol. The van der Waals surface area contributed by atoms with E-state index in [4.69, 9.17) is 0 Å². The van der Waals surface area contributed by atoms with E-state index < -0.39 is 11.8 Å². The Balaban J connectivity index is 3.73. The predicted octanol–water partition coefficient (Wildman–Crippen LogP) is -0.335. The summed E-state index contributed by atoms with van der Waals surface area (Å²) in [6.07, 6.45) is 0.0622. The zero-order chi connectivity index (χ0) is 7.28. The molecule has 0 spiro atoms. The second-order valence-electron chi connectivity index (χ2n) is 1.28. The lowest BCUT2D eigenvalue weighted by molar-refractivity contribution is -0.158. The van der Waals surface area contributed by atoms with Gasteiger partial charge < -0.3 is 4.74 Å². The van der Waals surface area contributed by atoms with E-state index in [1.54, 1.807) is 0 Å². The average Bonchev–Trinajstić information content (AvgIpc) is 1.87. The van der Waals surface area contributed by atoms with Crippen molar-refractivity contribution in [2.45, 2.75) is 13.3 Å². The van der Waals surface area contributed by atoms with Crippen molar-refractivity contribution in [1.82, 2.24) is 0 Å². The smallest absolute Gasteiger partial charge is 0.382 e. The van der Waals surface area contributed by atoms with Gasteiger partial charge in [0.05, 0.1) is 0 Å². The van der Waals surface area contributed by atoms with Crippen molar-refractivity contribution in [2.75, 3.05) is 0 Å². The van der Waals surface area contributed by atoms with Gasteiger partial charge in [-0.05, 0) is 0 Å². The van der Waals surface area contributed by atoms with Crippen molar-refractivity contribution < 1.29 is 19.1 Å². The Hall–Kier alpha value is -1.19. The maximum atomic E-state index is 10.3. The van der Waals surface area contributed by atoms with E-state index in [9.17, 15) is 14.4 Å². The first-order valence-electron chi connectivity index (χ1n) is 2.39. The molecule has 9 heavy (non-hydrogen) atoms. The van der Waals surface area contributed by atoms with Gasteiger partial charge in [0.25, 0.3) is 0 Å². The number of carbonyl (C=O) groups is 3. The quantitative estimate of drug-likeness (QED) is 0.227. The maximum absolute atomic E-state index is 10.3. The lowest BCUT2D eigenvalue weighted by Crippen LogP contribution is -2.14. The van der Waals surface area contributed by atoms with Crippen LogP contribution in [0, 0.1) is 0 Å². The molecule has 0 amide bonds. The number of esters is 1. The Labute approximate surface area is 51.8 Å². The van der Waals surface area contributed by atoms with Crippen LogP contribution in [-0.4, -0.2) is 18.2 Å². The lowest BCUT2D eigenvalue weighted by Gasteiger charge is -1.89. The summed E-state index contributed by atoms with van der Waals surface area (Å²) in [5.74, 6) is -1.78. The molecule has 4 heteroatoms. The summed E-state index contributed by atoms with van der Waals surface area (Å²) in [6.45, 7) is 1.45. The Bertz CT molecular complexity index is 138. The second-order valence-corrected chi connectivity index (χ2v) is 1.28. The first-order valence-corrected chi connectivity index (χ1v) is 2.39. The molecule has 0 radical (unpaired) electrons. The van der Waals surface area contributed by atoms with Crippen LogP contribution in [0.25, 0.3) is 0 Å². The minimum absolute atomic E-state index is 0.0596. The highest BCUT2D eigenvalue weighted by atomic mass is 16.6. The van der Waals surface area contributed by atoms with E-state index in [1.165, 1.54) is 6.92 Å². The van der Waals surface area contributed by atoms with Crippen LogP contribution in [0.4, 0.5) is 0 Å². The summed E-state index contributed by atoms with van der Waals surface area (Å²) in [4.78, 5) is 29.9. The van der Waals surface area contributed by atoms with Gasteiger partial charge in [-0.3, -0.25) is 9.59 Å². The zero-order valence-electron chi connectivity index (χ0n) is 4.92. The topological polar surface area (TPSA) is 60.4 Å². The van der Waals surface area contributed by atoms with Crippen molar-refractivity contribution in [3.8, 4) is 0 Å². The van der Waals surface area contributed by atoms with Crippen LogP contribution in [0.1, 0.15) is 13.3 Å². The van der Waals surface area contributed by atoms with E-state index in [0.717, 1.165) is 0 Å². The van der Waals surface area contributed by atoms with Gasteiger partial charge in [0, 0.05) is 6.42 Å². The molecule has 0 aliphatic carbocycles. The number of ether oxygens (including phenoxy) is 1. The number of carbonyl (C=O) groups excluding carboxylic acids is 3. The van der Waals surface area contributed by atoms with Crippen molar-refractivity contribution in [2.24, 2.45) is 0 Å². The maximum Gasteiger partial charge on any atom is 0.382 e. The first kappa shape index (κ1) is 7.81. The first-order chi connectivity index (χ1) is 4.22. The second kappa shape index (κ2) is 3.77. The van der Waals surface area contributed by atoms with E-state index in [0.29, 0.717) is 0 Å². The predicted molar refractivity (Wildman–Crippen MR) is 27.5 cm³/mol. The summed E-state index contributed by atoms with van der Waals surface area (Å²) in [7, 11) is 0. The SMILES string of the molecule is CCC(=O)C(=O)OC=O. The van der Waals surface area contributed by atoms with Crippen LogP contribution >= 0.6 is 0 Å². The minimum atomic E-state index is -1.09. The molecule has 0 aliphatic heterocycles. The molecule has 0 atom stereocenters. The highest BCUT2D eigenvalue weighted by Crippen LogP contribution is 1.82. The lowest BCUT2D eigenvalue weighted by atomic mass is 10.3. The Morgan fingerprint density at radius 2 is 2.11 bits per heavy atom. The van der Waals surface area contributed by atoms with Gasteiger partial charge in [0.15, 0.2) is 0 Å². The molecule has 0 rings (SSSR count). The normalized spacial score (nSPS) is 8.11. The van der Waals surface area contributed by atoms with E-state index in [-0.39, 0.29) is 12.9 Å². The Morgan fingerprint density at radius 1 is 1.56 bits per heavy atom. The molecule has 0 aromatic rings. The molecule has 4 nitrogen and oxygen atoms in total. The minimum Gasteiger partial charge on any atom is -0.390 e. The summed E-state index contributed by atoms with van der Waals surface area (Å²) >= 11 is 0. The Kier molecular flexibility index (Phi) is 3.27. The molecule has 0 fully saturated rings. The summed E-state index contributed by atoms with van der Waals surface area (Å²) in [6, 6.07) is 0. The van der Waals surface area contributed by atoms with Crippen molar-refractivity contribution in [3.63, 3.8) is 0 Å². The number of ketones is 1. The largest absolute Gasteiger partial charge is 0.390 e. The standard InChI is InChI=1S/C5H6O4/c1-2-4(7)5(8)9-3-6/h3H,2H2,1H3. The highest BCUT2D eigenvalue weighted by molar-refractivity contribution is 6.34. The fourth-order valence-corrected chi connectivity index (χ4v) is 0.254. The zero-order valence-corrected chi connectivity index (χ0v) is 4.92. The van der Waals surface area contributed by atoms with Gasteiger partial charge >= 0.3 is 12.4 Å². The van der Waals surface area contributed by atoms with E-state index >= 15 is 0 Å². The van der Waals surface area contributed by atoms with E-state index in [1.807, 2.05) is 0 Å². The number of rotatable bonds is 3. The number of hydrogen-bond acceptors (Lipinski definition) is 4. The molecular formula is C5H6O4. The van der Waals surface area contributed by atoms with Crippen molar-refractivity contribution >= 4 is 18.2 Å². The van der Waals surface area contributed by atoms with Crippen molar-refractivity contribution in [3.05, 3.63) is 0 Å². The van der Waals surface area contributed by atoms with E-state index in [2.05, 4.69) is 4.74 Å². The van der Waals surface area contributed by atoms with Crippen LogP contribution in [0.15, 0.2) is 0 Å². The van der Waals surface area contributed by atoms with Crippen molar-refractivity contribution in [1.29, 1.82) is 0 Å².